The predicted molar refractivity (Wildman–Crippen MR) is 87.6 cm³/mol. The van der Waals surface area contributed by atoms with Gasteiger partial charge >= 0.3 is 0 Å². The average Bonchev–Trinajstić information content (AvgIpc) is 2.59. The lowest BCUT2D eigenvalue weighted by atomic mass is 10.0. The molecule has 0 fully saturated rings. The minimum atomic E-state index is -0.651. The van der Waals surface area contributed by atoms with E-state index in [1.165, 1.54) is 36.4 Å². The van der Waals surface area contributed by atoms with Gasteiger partial charge in [0.25, 0.3) is 11.5 Å². The van der Waals surface area contributed by atoms with E-state index in [2.05, 4.69) is 10.4 Å². The van der Waals surface area contributed by atoms with Crippen molar-refractivity contribution < 1.29 is 14.3 Å². The van der Waals surface area contributed by atoms with E-state index in [9.17, 15) is 19.1 Å². The molecule has 1 amide bonds. The molecule has 24 heavy (non-hydrogen) atoms. The van der Waals surface area contributed by atoms with Crippen molar-refractivity contribution in [3.05, 3.63) is 58.3 Å². The van der Waals surface area contributed by atoms with Crippen LogP contribution in [0.2, 0.25) is 0 Å². The number of aliphatic hydroxyl groups is 1. The Balaban J connectivity index is 2.17. The largest absolute Gasteiger partial charge is 0.391 e. The lowest BCUT2D eigenvalue weighted by Gasteiger charge is -2.17. The zero-order valence-corrected chi connectivity index (χ0v) is 13.6. The van der Waals surface area contributed by atoms with E-state index in [0.29, 0.717) is 5.69 Å². The van der Waals surface area contributed by atoms with E-state index in [-0.39, 0.29) is 18.2 Å². The van der Waals surface area contributed by atoms with Crippen molar-refractivity contribution in [1.29, 1.82) is 0 Å². The highest BCUT2D eigenvalue weighted by Crippen LogP contribution is 2.07. The van der Waals surface area contributed by atoms with Crippen molar-refractivity contribution in [2.45, 2.75) is 26.4 Å². The number of hydrogen-bond acceptors (Lipinski definition) is 4. The zero-order valence-electron chi connectivity index (χ0n) is 13.6. The quantitative estimate of drug-likeness (QED) is 0.839. The second-order valence-corrected chi connectivity index (χ2v) is 5.61. The van der Waals surface area contributed by atoms with Crippen LogP contribution in [0.25, 0.3) is 5.69 Å². The van der Waals surface area contributed by atoms with Crippen molar-refractivity contribution in [3.8, 4) is 5.69 Å². The molecule has 0 spiro atoms. The molecule has 1 aromatic carbocycles. The number of aromatic nitrogens is 2. The lowest BCUT2D eigenvalue weighted by Crippen LogP contribution is -2.36. The van der Waals surface area contributed by atoms with E-state index in [1.807, 2.05) is 13.8 Å². The van der Waals surface area contributed by atoms with Gasteiger partial charge in [0.2, 0.25) is 0 Å². The van der Waals surface area contributed by atoms with Crippen LogP contribution in [-0.4, -0.2) is 33.4 Å². The highest BCUT2D eigenvalue weighted by Gasteiger charge is 2.15. The van der Waals surface area contributed by atoms with Crippen LogP contribution < -0.4 is 10.9 Å². The summed E-state index contributed by atoms with van der Waals surface area (Å²) >= 11 is 0. The summed E-state index contributed by atoms with van der Waals surface area (Å²) in [4.78, 5) is 24.1. The van der Waals surface area contributed by atoms with Crippen molar-refractivity contribution in [3.63, 3.8) is 0 Å². The minimum Gasteiger partial charge on any atom is -0.391 e. The molecule has 2 N–H and O–H groups in total. The molecule has 0 aliphatic carbocycles. The Hall–Kier alpha value is -2.54. The molecule has 2 rings (SSSR count). The van der Waals surface area contributed by atoms with Gasteiger partial charge in [-0.2, -0.15) is 9.78 Å². The number of carbonyl (C=O) groups is 1. The molecule has 2 aromatic rings. The molecule has 2 unspecified atom stereocenters. The summed E-state index contributed by atoms with van der Waals surface area (Å²) in [7, 11) is 0. The number of nitrogens with zero attached hydrogens (tertiary/aromatic N) is 2. The summed E-state index contributed by atoms with van der Waals surface area (Å²) in [5, 5.41) is 16.5. The van der Waals surface area contributed by atoms with Gasteiger partial charge in [-0.05, 0) is 36.2 Å². The molecule has 6 nitrogen and oxygen atoms in total. The Labute approximate surface area is 138 Å². The third-order valence-corrected chi connectivity index (χ3v) is 3.88. The maximum absolute atomic E-state index is 13.0. The fourth-order valence-corrected chi connectivity index (χ4v) is 2.06. The van der Waals surface area contributed by atoms with Gasteiger partial charge in [0.15, 0.2) is 0 Å². The maximum Gasteiger partial charge on any atom is 0.271 e. The van der Waals surface area contributed by atoms with E-state index < -0.39 is 23.4 Å². The van der Waals surface area contributed by atoms with Crippen LogP contribution >= 0.6 is 0 Å². The van der Waals surface area contributed by atoms with E-state index in [0.717, 1.165) is 11.1 Å². The van der Waals surface area contributed by atoms with E-state index >= 15 is 0 Å². The predicted octanol–water partition coefficient (Wildman–Crippen LogP) is 1.51. The Morgan fingerprint density at radius 2 is 1.96 bits per heavy atom. The fourth-order valence-electron chi connectivity index (χ4n) is 2.06. The molecule has 0 aliphatic heterocycles. The van der Waals surface area contributed by atoms with Gasteiger partial charge in [0.1, 0.15) is 11.5 Å². The summed E-state index contributed by atoms with van der Waals surface area (Å²) in [5.74, 6) is -0.862. The SMILES string of the molecule is CCC(C)C(O)CNC(=O)c1ccc(=O)n(-c2ccc(F)cc2)n1. The molecule has 7 heteroatoms. The highest BCUT2D eigenvalue weighted by molar-refractivity contribution is 5.92. The van der Waals surface area contributed by atoms with E-state index in [1.54, 1.807) is 0 Å². The second kappa shape index (κ2) is 7.83. The smallest absolute Gasteiger partial charge is 0.271 e. The standard InChI is InChI=1S/C17H20FN3O3/c1-3-11(2)15(22)10-19-17(24)14-8-9-16(23)21(20-14)13-6-4-12(18)5-7-13/h4-9,11,15,22H,3,10H2,1-2H3,(H,19,24). The van der Waals surface area contributed by atoms with Crippen molar-refractivity contribution in [2.24, 2.45) is 5.92 Å². The molecule has 0 saturated carbocycles. The molecule has 0 bridgehead atoms. The summed E-state index contributed by atoms with van der Waals surface area (Å²) < 4.78 is 14.0. The summed E-state index contributed by atoms with van der Waals surface area (Å²) in [5.41, 5.74) is -0.0382. The van der Waals surface area contributed by atoms with Crippen LogP contribution in [-0.2, 0) is 0 Å². The molecule has 0 radical (unpaired) electrons. The maximum atomic E-state index is 13.0. The van der Waals surface area contributed by atoms with Crippen molar-refractivity contribution in [1.82, 2.24) is 15.1 Å². The van der Waals surface area contributed by atoms with Crippen LogP contribution in [0.15, 0.2) is 41.2 Å². The van der Waals surface area contributed by atoms with Gasteiger partial charge in [-0.1, -0.05) is 20.3 Å². The molecule has 0 aliphatic rings. The van der Waals surface area contributed by atoms with Crippen LogP contribution in [0.1, 0.15) is 30.8 Å². The van der Waals surface area contributed by atoms with Crippen LogP contribution in [0.4, 0.5) is 4.39 Å². The van der Waals surface area contributed by atoms with Crippen LogP contribution in [0, 0.1) is 11.7 Å². The number of amides is 1. The van der Waals surface area contributed by atoms with Crippen LogP contribution in [0.5, 0.6) is 0 Å². The molecule has 0 saturated heterocycles. The van der Waals surface area contributed by atoms with Gasteiger partial charge in [0.05, 0.1) is 11.8 Å². The number of hydrogen-bond donors (Lipinski definition) is 2. The first-order valence-electron chi connectivity index (χ1n) is 7.75. The Morgan fingerprint density at radius 1 is 1.29 bits per heavy atom. The van der Waals surface area contributed by atoms with Gasteiger partial charge in [-0.3, -0.25) is 9.59 Å². The minimum absolute atomic E-state index is 0.0373. The van der Waals surface area contributed by atoms with Crippen molar-refractivity contribution >= 4 is 5.91 Å². The number of carbonyl (C=O) groups excluding carboxylic acids is 1. The number of aliphatic hydroxyl groups excluding tert-OH is 1. The first-order chi connectivity index (χ1) is 11.4. The average molecular weight is 333 g/mol. The lowest BCUT2D eigenvalue weighted by molar-refractivity contribution is 0.0844. The third kappa shape index (κ3) is 4.26. The summed E-state index contributed by atoms with van der Waals surface area (Å²) in [6.07, 6.45) is 0.145. The van der Waals surface area contributed by atoms with E-state index in [4.69, 9.17) is 0 Å². The molecule has 1 heterocycles. The molecule has 1 aromatic heterocycles. The molecule has 2 atom stereocenters. The van der Waals surface area contributed by atoms with Gasteiger partial charge in [0, 0.05) is 12.6 Å². The number of halogens is 1. The van der Waals surface area contributed by atoms with Gasteiger partial charge < -0.3 is 10.4 Å². The second-order valence-electron chi connectivity index (χ2n) is 5.61. The Morgan fingerprint density at radius 3 is 2.58 bits per heavy atom. The van der Waals surface area contributed by atoms with Gasteiger partial charge in [-0.15, -0.1) is 0 Å². The zero-order chi connectivity index (χ0) is 17.7. The van der Waals surface area contributed by atoms with Crippen molar-refractivity contribution in [2.75, 3.05) is 6.54 Å². The Bertz CT molecular complexity index is 758. The topological polar surface area (TPSA) is 84.2 Å². The fraction of sp³-hybridized carbons (Fsp3) is 0.353. The third-order valence-electron chi connectivity index (χ3n) is 3.88. The first-order valence-corrected chi connectivity index (χ1v) is 7.75. The number of benzene rings is 1. The molecule has 128 valence electrons. The first kappa shape index (κ1) is 17.8. The van der Waals surface area contributed by atoms with Crippen LogP contribution in [0.3, 0.4) is 0 Å². The Kier molecular flexibility index (Phi) is 5.81. The summed E-state index contributed by atoms with van der Waals surface area (Å²) in [6, 6.07) is 7.75. The monoisotopic (exact) mass is 333 g/mol. The number of nitrogens with one attached hydrogen (secondary N) is 1. The van der Waals surface area contributed by atoms with Gasteiger partial charge in [-0.25, -0.2) is 4.39 Å². The normalized spacial score (nSPS) is 13.3. The molecular weight excluding hydrogens is 313 g/mol. The summed E-state index contributed by atoms with van der Waals surface area (Å²) in [6.45, 7) is 3.95. The number of rotatable bonds is 6. The highest BCUT2D eigenvalue weighted by atomic mass is 19.1. The molecular formula is C17H20FN3O3.